The Bertz CT molecular complexity index is 927. The normalized spacial score (nSPS) is 10.1. The highest BCUT2D eigenvalue weighted by molar-refractivity contribution is 6.05. The number of rotatable bonds is 6. The van der Waals surface area contributed by atoms with E-state index in [1.54, 1.807) is 66.7 Å². The van der Waals surface area contributed by atoms with Crippen molar-refractivity contribution in [2.75, 3.05) is 24.9 Å². The van der Waals surface area contributed by atoms with E-state index in [2.05, 4.69) is 15.6 Å². The van der Waals surface area contributed by atoms with Gasteiger partial charge >= 0.3 is 0 Å². The second-order valence-electron chi connectivity index (χ2n) is 5.78. The lowest BCUT2D eigenvalue weighted by atomic mass is 10.2. The first-order chi connectivity index (χ1) is 13.6. The quantitative estimate of drug-likeness (QED) is 0.685. The van der Waals surface area contributed by atoms with Crippen molar-refractivity contribution in [1.82, 2.24) is 4.98 Å². The van der Waals surface area contributed by atoms with E-state index in [1.807, 2.05) is 0 Å². The molecule has 28 heavy (non-hydrogen) atoms. The van der Waals surface area contributed by atoms with Crippen LogP contribution in [0.4, 0.5) is 11.6 Å². The molecule has 0 spiro atoms. The van der Waals surface area contributed by atoms with Crippen LogP contribution < -0.4 is 20.1 Å². The van der Waals surface area contributed by atoms with Crippen molar-refractivity contribution in [2.45, 2.75) is 0 Å². The summed E-state index contributed by atoms with van der Waals surface area (Å²) in [6.45, 7) is 0. The van der Waals surface area contributed by atoms with Gasteiger partial charge in [0.15, 0.2) is 0 Å². The summed E-state index contributed by atoms with van der Waals surface area (Å²) in [6.07, 6.45) is 0. The molecule has 2 aromatic carbocycles. The molecule has 3 rings (SSSR count). The van der Waals surface area contributed by atoms with Gasteiger partial charge in [0.05, 0.1) is 14.2 Å². The molecule has 0 saturated heterocycles. The zero-order valence-corrected chi connectivity index (χ0v) is 15.4. The van der Waals surface area contributed by atoms with Gasteiger partial charge in [0.1, 0.15) is 23.1 Å². The Morgan fingerprint density at radius 1 is 0.714 bits per heavy atom. The van der Waals surface area contributed by atoms with Gasteiger partial charge in [-0.2, -0.15) is 0 Å². The molecule has 142 valence electrons. The molecule has 0 fully saturated rings. The van der Waals surface area contributed by atoms with Crippen molar-refractivity contribution in [3.05, 3.63) is 77.9 Å². The predicted octanol–water partition coefficient (Wildman–Crippen LogP) is 3.60. The molecule has 7 nitrogen and oxygen atoms in total. The largest absolute Gasteiger partial charge is 0.497 e. The van der Waals surface area contributed by atoms with Gasteiger partial charge in [-0.3, -0.25) is 9.59 Å². The smallest absolute Gasteiger partial charge is 0.256 e. The number of hydrogen-bond acceptors (Lipinski definition) is 5. The van der Waals surface area contributed by atoms with Crippen LogP contribution in [0.5, 0.6) is 11.5 Å². The monoisotopic (exact) mass is 377 g/mol. The summed E-state index contributed by atoms with van der Waals surface area (Å²) < 4.78 is 10.2. The van der Waals surface area contributed by atoms with Gasteiger partial charge in [-0.1, -0.05) is 18.2 Å². The maximum absolute atomic E-state index is 12.4. The predicted molar refractivity (Wildman–Crippen MR) is 106 cm³/mol. The highest BCUT2D eigenvalue weighted by Crippen LogP contribution is 2.17. The fourth-order valence-electron chi connectivity index (χ4n) is 2.48. The molecule has 0 saturated carbocycles. The van der Waals surface area contributed by atoms with Crippen LogP contribution in [0, 0.1) is 0 Å². The summed E-state index contributed by atoms with van der Waals surface area (Å²) in [6, 6.07) is 18.5. The summed E-state index contributed by atoms with van der Waals surface area (Å²) in [7, 11) is 3.07. The van der Waals surface area contributed by atoms with E-state index in [4.69, 9.17) is 9.47 Å². The van der Waals surface area contributed by atoms with Gasteiger partial charge in [-0.25, -0.2) is 4.98 Å². The third-order valence-electron chi connectivity index (χ3n) is 3.90. The number of carbonyl (C=O) groups is 2. The highest BCUT2D eigenvalue weighted by atomic mass is 16.5. The number of aromatic nitrogens is 1. The van der Waals surface area contributed by atoms with Crippen molar-refractivity contribution in [2.24, 2.45) is 0 Å². The number of hydrogen-bond donors (Lipinski definition) is 2. The second-order valence-corrected chi connectivity index (χ2v) is 5.78. The first-order valence-corrected chi connectivity index (χ1v) is 8.47. The third kappa shape index (κ3) is 4.64. The van der Waals surface area contributed by atoms with Crippen LogP contribution in [-0.4, -0.2) is 31.0 Å². The van der Waals surface area contributed by atoms with Crippen LogP contribution in [0.1, 0.15) is 20.7 Å². The van der Waals surface area contributed by atoms with E-state index in [-0.39, 0.29) is 11.8 Å². The van der Waals surface area contributed by atoms with Crippen molar-refractivity contribution >= 4 is 23.5 Å². The van der Waals surface area contributed by atoms with Crippen molar-refractivity contribution in [3.63, 3.8) is 0 Å². The van der Waals surface area contributed by atoms with Crippen LogP contribution in [0.3, 0.4) is 0 Å². The Morgan fingerprint density at radius 2 is 1.14 bits per heavy atom. The number of anilines is 2. The van der Waals surface area contributed by atoms with Crippen LogP contribution >= 0.6 is 0 Å². The minimum atomic E-state index is -0.331. The molecule has 2 amide bonds. The number of amides is 2. The van der Waals surface area contributed by atoms with Gasteiger partial charge in [0, 0.05) is 11.1 Å². The molecule has 7 heteroatoms. The number of nitrogens with one attached hydrogen (secondary N) is 2. The average molecular weight is 377 g/mol. The Balaban J connectivity index is 1.71. The molecule has 0 aliphatic carbocycles. The second kappa shape index (κ2) is 8.68. The topological polar surface area (TPSA) is 89.6 Å². The molecule has 0 bridgehead atoms. The van der Waals surface area contributed by atoms with Gasteiger partial charge in [-0.05, 0) is 48.5 Å². The van der Waals surface area contributed by atoms with Crippen molar-refractivity contribution in [3.8, 4) is 11.5 Å². The zero-order chi connectivity index (χ0) is 19.9. The maximum Gasteiger partial charge on any atom is 0.256 e. The van der Waals surface area contributed by atoms with E-state index in [0.29, 0.717) is 34.3 Å². The summed E-state index contributed by atoms with van der Waals surface area (Å²) in [5.74, 6) is 1.14. The number of methoxy groups -OCH3 is 2. The zero-order valence-electron chi connectivity index (χ0n) is 15.4. The van der Waals surface area contributed by atoms with E-state index in [0.717, 1.165) is 0 Å². The maximum atomic E-state index is 12.4. The first kappa shape index (κ1) is 18.9. The summed E-state index contributed by atoms with van der Waals surface area (Å²) in [4.78, 5) is 29.1. The standard InChI is InChI=1S/C21H19N3O4/c1-27-16-8-3-6-14(12-16)20(25)23-18-10-5-11-19(22-18)24-21(26)15-7-4-9-17(13-15)28-2/h3-13H,1-2H3,(H2,22,23,24,25,26). The van der Waals surface area contributed by atoms with E-state index in [1.165, 1.54) is 14.2 Å². The van der Waals surface area contributed by atoms with Gasteiger partial charge in [-0.15, -0.1) is 0 Å². The molecule has 3 aromatic rings. The Kier molecular flexibility index (Phi) is 5.86. The number of benzene rings is 2. The fourth-order valence-corrected chi connectivity index (χ4v) is 2.48. The molecule has 0 unspecified atom stereocenters. The van der Waals surface area contributed by atoms with E-state index < -0.39 is 0 Å². The molecule has 0 aliphatic rings. The van der Waals surface area contributed by atoms with Crippen molar-refractivity contribution in [1.29, 1.82) is 0 Å². The van der Waals surface area contributed by atoms with E-state index in [9.17, 15) is 9.59 Å². The minimum Gasteiger partial charge on any atom is -0.497 e. The Hall–Kier alpha value is -3.87. The molecule has 2 N–H and O–H groups in total. The van der Waals surface area contributed by atoms with Gasteiger partial charge in [0.2, 0.25) is 0 Å². The SMILES string of the molecule is COc1cccc(C(=O)Nc2cccc(NC(=O)c3cccc(OC)c3)n2)c1. The molecule has 0 atom stereocenters. The molecule has 1 aromatic heterocycles. The third-order valence-corrected chi connectivity index (χ3v) is 3.90. The van der Waals surface area contributed by atoms with Crippen LogP contribution in [0.25, 0.3) is 0 Å². The number of nitrogens with zero attached hydrogens (tertiary/aromatic N) is 1. The molecular formula is C21H19N3O4. The summed E-state index contributed by atoms with van der Waals surface area (Å²) in [5, 5.41) is 5.41. The lowest BCUT2D eigenvalue weighted by Crippen LogP contribution is -2.16. The number of pyridine rings is 1. The van der Waals surface area contributed by atoms with Crippen LogP contribution in [0.15, 0.2) is 66.7 Å². The number of ether oxygens (including phenoxy) is 2. The van der Waals surface area contributed by atoms with Gasteiger partial charge < -0.3 is 20.1 Å². The highest BCUT2D eigenvalue weighted by Gasteiger charge is 2.11. The average Bonchev–Trinajstić information content (AvgIpc) is 2.74. The Morgan fingerprint density at radius 3 is 1.57 bits per heavy atom. The lowest BCUT2D eigenvalue weighted by molar-refractivity contribution is 0.101. The lowest BCUT2D eigenvalue weighted by Gasteiger charge is -2.09. The van der Waals surface area contributed by atoms with E-state index >= 15 is 0 Å². The first-order valence-electron chi connectivity index (χ1n) is 8.47. The molecular weight excluding hydrogens is 358 g/mol. The Labute approximate surface area is 162 Å². The molecule has 1 heterocycles. The van der Waals surface area contributed by atoms with Gasteiger partial charge in [0.25, 0.3) is 11.8 Å². The number of carbonyl (C=O) groups excluding carboxylic acids is 2. The molecule has 0 aliphatic heterocycles. The minimum absolute atomic E-state index is 0.316. The molecule has 0 radical (unpaired) electrons. The van der Waals surface area contributed by atoms with Crippen molar-refractivity contribution < 1.29 is 19.1 Å². The van der Waals surface area contributed by atoms with Crippen LogP contribution in [-0.2, 0) is 0 Å². The summed E-state index contributed by atoms with van der Waals surface area (Å²) in [5.41, 5.74) is 0.874. The van der Waals surface area contributed by atoms with Crippen LogP contribution in [0.2, 0.25) is 0 Å². The summed E-state index contributed by atoms with van der Waals surface area (Å²) >= 11 is 0. The fraction of sp³-hybridized carbons (Fsp3) is 0.0952.